The summed E-state index contributed by atoms with van der Waals surface area (Å²) in [6, 6.07) is 35.5. The minimum absolute atomic E-state index is 0.155. The van der Waals surface area contributed by atoms with Crippen molar-refractivity contribution >= 4 is 91.7 Å². The van der Waals surface area contributed by atoms with E-state index in [-0.39, 0.29) is 28.6 Å². The number of ether oxygens (including phenoxy) is 8. The number of hydrazone groups is 1. The predicted octanol–water partition coefficient (Wildman–Crippen LogP) is 13.5. The molecule has 2 fully saturated rings. The van der Waals surface area contributed by atoms with Crippen LogP contribution in [-0.2, 0) is 38.2 Å². The minimum Gasteiger partial charge on any atom is -0.494 e. The van der Waals surface area contributed by atoms with Crippen LogP contribution in [0.3, 0.4) is 0 Å². The predicted molar refractivity (Wildman–Crippen MR) is 335 cm³/mol. The normalized spacial score (nSPS) is 16.4. The van der Waals surface area contributed by atoms with Gasteiger partial charge in [0.1, 0.15) is 34.5 Å². The van der Waals surface area contributed by atoms with Gasteiger partial charge in [0.15, 0.2) is 0 Å². The van der Waals surface area contributed by atoms with Gasteiger partial charge in [-0.15, -0.1) is 0 Å². The third-order valence-electron chi connectivity index (χ3n) is 14.7. The Morgan fingerprint density at radius 3 is 1.44 bits per heavy atom. The number of aromatic nitrogens is 1. The number of para-hydroxylation sites is 2. The van der Waals surface area contributed by atoms with Crippen LogP contribution in [0.15, 0.2) is 152 Å². The molecule has 1 heterocycles. The number of nitrogens with zero attached hydrogens (tertiary/aromatic N) is 3. The number of nitrogens with one attached hydrogen (secondary N) is 1. The Kier molecular flexibility index (Phi) is 25.0. The number of hydrogen-bond acceptors (Lipinski definition) is 18. The summed E-state index contributed by atoms with van der Waals surface area (Å²) in [5.74, 6) is -1.92. The maximum atomic E-state index is 14.0. The fourth-order valence-electron chi connectivity index (χ4n) is 9.83. The minimum atomic E-state index is -0.515. The van der Waals surface area contributed by atoms with Crippen molar-refractivity contribution in [2.24, 2.45) is 28.8 Å². The van der Waals surface area contributed by atoms with Gasteiger partial charge in [-0.2, -0.15) is 10.1 Å². The molecule has 8 rings (SSSR count). The quantitative estimate of drug-likeness (QED) is 0.00843. The summed E-state index contributed by atoms with van der Waals surface area (Å²) in [7, 11) is 0. The van der Waals surface area contributed by atoms with E-state index >= 15 is 0 Å². The van der Waals surface area contributed by atoms with Crippen LogP contribution in [0.4, 0.5) is 10.8 Å². The first kappa shape index (κ1) is 64.3. The summed E-state index contributed by atoms with van der Waals surface area (Å²) in [5, 5.41) is 10.2. The first-order valence-electron chi connectivity index (χ1n) is 29.5. The van der Waals surface area contributed by atoms with Crippen LogP contribution in [-0.4, -0.2) is 78.6 Å². The van der Waals surface area contributed by atoms with Gasteiger partial charge in [-0.3, -0.25) is 19.2 Å². The van der Waals surface area contributed by atoms with Crippen LogP contribution in [0.2, 0.25) is 0 Å². The maximum absolute atomic E-state index is 14.0. The summed E-state index contributed by atoms with van der Waals surface area (Å²) in [6.07, 6.45) is 13.9. The largest absolute Gasteiger partial charge is 0.494 e. The van der Waals surface area contributed by atoms with Crippen LogP contribution in [0.1, 0.15) is 108 Å². The number of hydrogen-bond donors (Lipinski definition) is 1. The summed E-state index contributed by atoms with van der Waals surface area (Å²) in [5.41, 5.74) is 1.78. The van der Waals surface area contributed by atoms with E-state index in [0.29, 0.717) is 111 Å². The molecule has 18 nitrogen and oxygen atoms in total. The van der Waals surface area contributed by atoms with E-state index in [2.05, 4.69) is 18.5 Å². The van der Waals surface area contributed by atoms with E-state index in [1.165, 1.54) is 22.6 Å². The van der Waals surface area contributed by atoms with E-state index < -0.39 is 47.5 Å². The molecule has 20 heteroatoms. The lowest BCUT2D eigenvalue weighted by atomic mass is 9.82. The highest BCUT2D eigenvalue weighted by molar-refractivity contribution is 7.80. The smallest absolute Gasteiger partial charge is 0.330 e. The average Bonchev–Trinajstić information content (AvgIpc) is 4.09. The van der Waals surface area contributed by atoms with Gasteiger partial charge in [0, 0.05) is 23.4 Å². The van der Waals surface area contributed by atoms with Crippen molar-refractivity contribution in [3.05, 3.63) is 152 Å². The van der Waals surface area contributed by atoms with Crippen molar-refractivity contribution in [2.75, 3.05) is 36.8 Å². The molecule has 6 aromatic rings. The second-order valence-electron chi connectivity index (χ2n) is 21.0. The van der Waals surface area contributed by atoms with Crippen LogP contribution >= 0.6 is 23.6 Å². The first-order valence-corrected chi connectivity index (χ1v) is 30.7. The van der Waals surface area contributed by atoms with E-state index in [4.69, 9.17) is 60.2 Å². The summed E-state index contributed by atoms with van der Waals surface area (Å²) < 4.78 is 46.3. The van der Waals surface area contributed by atoms with Gasteiger partial charge in [-0.1, -0.05) is 54.8 Å². The van der Waals surface area contributed by atoms with Gasteiger partial charge >= 0.3 is 35.8 Å². The molecule has 1 N–H and O–H groups in total. The number of carbonyl (C=O) groups excluding carboxylic acids is 6. The number of thiocarbonyl (C=S) groups is 1. The molecular weight excluding hydrogens is 1150 g/mol. The van der Waals surface area contributed by atoms with E-state index in [1.807, 2.05) is 54.6 Å². The van der Waals surface area contributed by atoms with E-state index in [9.17, 15) is 28.8 Å². The van der Waals surface area contributed by atoms with Crippen LogP contribution < -0.4 is 38.7 Å². The zero-order valence-corrected chi connectivity index (χ0v) is 50.2. The van der Waals surface area contributed by atoms with Crippen molar-refractivity contribution in [3.8, 4) is 34.5 Å². The van der Waals surface area contributed by atoms with E-state index in [1.54, 1.807) is 66.7 Å². The number of anilines is 2. The van der Waals surface area contributed by atoms with Crippen molar-refractivity contribution in [3.63, 3.8) is 0 Å². The molecule has 0 aliphatic heterocycles. The number of unbranched alkanes of at least 4 members (excludes halogenated alkanes) is 6. The zero-order valence-electron chi connectivity index (χ0n) is 48.5. The molecular formula is C67H72N4O14S2. The lowest BCUT2D eigenvalue weighted by Crippen LogP contribution is -2.31. The lowest BCUT2D eigenvalue weighted by molar-refractivity contribution is -0.145. The molecule has 456 valence electrons. The van der Waals surface area contributed by atoms with Crippen LogP contribution in [0.25, 0.3) is 10.2 Å². The van der Waals surface area contributed by atoms with E-state index in [0.717, 1.165) is 79.4 Å². The molecule has 2 saturated carbocycles. The molecule has 0 spiro atoms. The lowest BCUT2D eigenvalue weighted by Gasteiger charge is -2.26. The van der Waals surface area contributed by atoms with Gasteiger partial charge < -0.3 is 43.2 Å². The third kappa shape index (κ3) is 20.5. The average molecular weight is 1220 g/mol. The van der Waals surface area contributed by atoms with Crippen molar-refractivity contribution in [1.82, 2.24) is 4.98 Å². The van der Waals surface area contributed by atoms with Gasteiger partial charge in [0.2, 0.25) is 10.2 Å². The highest BCUT2D eigenvalue weighted by Gasteiger charge is 2.34. The molecule has 0 bridgehead atoms. The second kappa shape index (κ2) is 33.8. The van der Waals surface area contributed by atoms with Crippen LogP contribution in [0.5, 0.6) is 34.5 Å². The number of esters is 6. The number of benzene rings is 5. The SMILES string of the molecule is C=CC(=O)OCCCCCCOc1ccc(OC(=O)C2CCC(C(=O)Oc3ccc(OC(=O)[C@H]4CC[C@H](C(=O)Oc5ccc(OCCCCCCOC(=O)C=C)cc5)CC4)c(/C=N/N(C(=S)Nc4ccccc4)c4nc5ccccc5s4)c3)CC2)cc1. The van der Waals surface area contributed by atoms with Crippen molar-refractivity contribution < 1.29 is 66.7 Å². The Morgan fingerprint density at radius 2 is 0.954 bits per heavy atom. The molecule has 0 atom stereocenters. The van der Waals surface area contributed by atoms with Crippen LogP contribution in [0, 0.1) is 23.7 Å². The molecule has 0 amide bonds. The number of fused-ring (bicyclic) bond motifs is 1. The van der Waals surface area contributed by atoms with Gasteiger partial charge in [-0.05, 0) is 206 Å². The Hall–Kier alpha value is -8.75. The maximum Gasteiger partial charge on any atom is 0.330 e. The fraction of sp³-hybridized carbons (Fsp3) is 0.358. The molecule has 2 aliphatic carbocycles. The zero-order chi connectivity index (χ0) is 61.2. The first-order chi connectivity index (χ1) is 42.4. The highest BCUT2D eigenvalue weighted by Crippen LogP contribution is 2.36. The monoisotopic (exact) mass is 1220 g/mol. The summed E-state index contributed by atoms with van der Waals surface area (Å²) in [6.45, 7) is 8.55. The van der Waals surface area contributed by atoms with Gasteiger partial charge in [0.05, 0.1) is 66.5 Å². The van der Waals surface area contributed by atoms with Gasteiger partial charge in [-0.25, -0.2) is 14.6 Å². The summed E-state index contributed by atoms with van der Waals surface area (Å²) in [4.78, 5) is 81.7. The molecule has 1 aromatic heterocycles. The Morgan fingerprint density at radius 1 is 0.529 bits per heavy atom. The second-order valence-corrected chi connectivity index (χ2v) is 22.4. The Balaban J connectivity index is 0.859. The Labute approximate surface area is 515 Å². The van der Waals surface area contributed by atoms with Crippen molar-refractivity contribution in [2.45, 2.75) is 103 Å². The number of rotatable bonds is 30. The highest BCUT2D eigenvalue weighted by atomic mass is 32.1. The van der Waals surface area contributed by atoms with Crippen molar-refractivity contribution in [1.29, 1.82) is 0 Å². The number of thiazole rings is 1. The van der Waals surface area contributed by atoms with Gasteiger partial charge in [0.25, 0.3) is 0 Å². The molecule has 5 aromatic carbocycles. The molecule has 0 radical (unpaired) electrons. The molecule has 87 heavy (non-hydrogen) atoms. The fourth-order valence-corrected chi connectivity index (χ4v) is 11.1. The topological polar surface area (TPSA) is 217 Å². The molecule has 0 saturated heterocycles. The Bertz CT molecular complexity index is 3290. The molecule has 2 aliphatic rings. The standard InChI is InChI=1S/C67H72N4O14S2/c1-3-60(72)80-42-16-7-5-14-40-78-52-30-34-54(35-31-52)82-62(74)46-22-24-48(25-23-46)64(76)84-56-38-39-58(50(44-56)45-68-71(66(86)69-51-18-10-9-11-19-51)67-70-57-20-12-13-21-59(57)87-67)85-65(77)49-28-26-47(27-29-49)63(75)83-55-36-32-53(33-37-55)79-41-15-6-8-17-43-81-61(73)4-2/h3-4,9-13,18-21,30-39,44-49H,1-2,5-8,14-17,22-29,40-43H2,(H,69,86)/b68-45+/t46?,47-,48?,49-. The third-order valence-corrected chi connectivity index (χ3v) is 16.0. The number of carbonyl (C=O) groups is 6. The summed E-state index contributed by atoms with van der Waals surface area (Å²) >= 11 is 7.31. The molecule has 0 unspecified atom stereocenters.